The minimum absolute atomic E-state index is 0.770. The molecule has 0 fully saturated rings. The van der Waals surface area contributed by atoms with Crippen molar-refractivity contribution >= 4 is 37.6 Å². The smallest absolute Gasteiger partial charge is 0.166 e. The molecule has 0 amide bonds. The molecule has 3 heterocycles. The molecule has 0 atom stereocenters. The number of nitrogens with zero attached hydrogens (tertiary/aromatic N) is 3. The summed E-state index contributed by atoms with van der Waals surface area (Å²) in [6.45, 7) is 4.96. The number of nitrogens with one attached hydrogen (secondary N) is 1. The predicted molar refractivity (Wildman–Crippen MR) is 97.1 cm³/mol. The fourth-order valence-electron chi connectivity index (χ4n) is 3.03. The summed E-state index contributed by atoms with van der Waals surface area (Å²) < 4.78 is 3.14. The second-order valence-electron chi connectivity index (χ2n) is 5.85. The number of fused-ring (bicyclic) bond motifs is 3. The summed E-state index contributed by atoms with van der Waals surface area (Å²) in [4.78, 5) is 5.79. The van der Waals surface area contributed by atoms with E-state index in [1.54, 1.807) is 11.3 Å². The van der Waals surface area contributed by atoms with Crippen LogP contribution in [0.4, 0.5) is 5.82 Å². The second kappa shape index (κ2) is 5.35. The zero-order chi connectivity index (χ0) is 16.0. The van der Waals surface area contributed by atoms with Crippen molar-refractivity contribution in [2.75, 3.05) is 5.32 Å². The van der Waals surface area contributed by atoms with Crippen LogP contribution in [-0.4, -0.2) is 14.8 Å². The van der Waals surface area contributed by atoms with E-state index in [0.29, 0.717) is 0 Å². The van der Waals surface area contributed by atoms with E-state index >= 15 is 0 Å². The maximum absolute atomic E-state index is 4.70. The van der Waals surface area contributed by atoms with E-state index in [9.17, 15) is 0 Å². The molecule has 0 aliphatic rings. The highest BCUT2D eigenvalue weighted by Crippen LogP contribution is 2.38. The van der Waals surface area contributed by atoms with E-state index in [1.165, 1.54) is 26.7 Å². The van der Waals surface area contributed by atoms with Crippen LogP contribution < -0.4 is 5.32 Å². The Bertz CT molecular complexity index is 998. The summed E-state index contributed by atoms with van der Waals surface area (Å²) in [6, 6.07) is 12.5. The van der Waals surface area contributed by atoms with Crippen LogP contribution in [0.1, 0.15) is 16.8 Å². The van der Waals surface area contributed by atoms with Crippen LogP contribution in [0.15, 0.2) is 36.4 Å². The van der Waals surface area contributed by atoms with Gasteiger partial charge in [-0.25, -0.2) is 4.98 Å². The lowest BCUT2D eigenvalue weighted by molar-refractivity contribution is 0.799. The second-order valence-corrected chi connectivity index (χ2v) is 6.85. The minimum Gasteiger partial charge on any atom is -0.363 e. The van der Waals surface area contributed by atoms with Crippen LogP contribution in [0.25, 0.3) is 20.4 Å². The van der Waals surface area contributed by atoms with Crippen molar-refractivity contribution in [3.63, 3.8) is 0 Å². The first-order valence-corrected chi connectivity index (χ1v) is 8.46. The van der Waals surface area contributed by atoms with Gasteiger partial charge in [-0.1, -0.05) is 30.3 Å². The Morgan fingerprint density at radius 1 is 1.17 bits per heavy atom. The van der Waals surface area contributed by atoms with E-state index in [1.807, 2.05) is 24.7 Å². The number of aromatic nitrogens is 3. The maximum Gasteiger partial charge on any atom is 0.166 e. The molecule has 0 unspecified atom stereocenters. The highest BCUT2D eigenvalue weighted by Gasteiger charge is 2.17. The van der Waals surface area contributed by atoms with Crippen LogP contribution in [0.3, 0.4) is 0 Å². The summed E-state index contributed by atoms with van der Waals surface area (Å²) in [7, 11) is 2.00. The average Bonchev–Trinajstić information content (AvgIpc) is 3.04. The number of anilines is 1. The van der Waals surface area contributed by atoms with Crippen molar-refractivity contribution < 1.29 is 0 Å². The molecule has 0 aliphatic carbocycles. The van der Waals surface area contributed by atoms with Gasteiger partial charge in [0.25, 0.3) is 0 Å². The van der Waals surface area contributed by atoms with Gasteiger partial charge >= 0.3 is 0 Å². The molecule has 1 N–H and O–H groups in total. The standard InChI is InChI=1S/C18H18N4S/c1-11-9-12(2)20-18-14(11)15-16(23-18)17(21-22(15)3)19-10-13-7-5-4-6-8-13/h4-9H,10H2,1-3H3,(H,19,21). The topological polar surface area (TPSA) is 42.7 Å². The van der Waals surface area contributed by atoms with Gasteiger partial charge in [0.05, 0.1) is 10.2 Å². The summed E-state index contributed by atoms with van der Waals surface area (Å²) in [5.74, 6) is 0.936. The third-order valence-electron chi connectivity index (χ3n) is 4.05. The first-order chi connectivity index (χ1) is 11.1. The summed E-state index contributed by atoms with van der Waals surface area (Å²) >= 11 is 1.72. The SMILES string of the molecule is Cc1cc(C)c2c(n1)sc1c(NCc3ccccc3)nn(C)c12. The third-order valence-corrected chi connectivity index (χ3v) is 5.13. The molecule has 1 aromatic carbocycles. The predicted octanol–water partition coefficient (Wildman–Crippen LogP) is 4.41. The first kappa shape index (κ1) is 14.2. The highest BCUT2D eigenvalue weighted by atomic mass is 32.1. The molecule has 0 bridgehead atoms. The van der Waals surface area contributed by atoms with Crippen LogP contribution in [0, 0.1) is 13.8 Å². The van der Waals surface area contributed by atoms with E-state index in [2.05, 4.69) is 47.7 Å². The lowest BCUT2D eigenvalue weighted by Crippen LogP contribution is -2.00. The average molecular weight is 322 g/mol. The lowest BCUT2D eigenvalue weighted by atomic mass is 10.1. The van der Waals surface area contributed by atoms with Crippen LogP contribution in [0.5, 0.6) is 0 Å². The van der Waals surface area contributed by atoms with Crippen molar-refractivity contribution in [3.8, 4) is 0 Å². The molecule has 0 saturated carbocycles. The molecule has 4 aromatic rings. The molecule has 0 saturated heterocycles. The molecule has 4 rings (SSSR count). The Kier molecular flexibility index (Phi) is 3.31. The molecule has 116 valence electrons. The van der Waals surface area contributed by atoms with Crippen molar-refractivity contribution in [2.45, 2.75) is 20.4 Å². The Balaban J connectivity index is 1.80. The number of benzene rings is 1. The number of hydrogen-bond donors (Lipinski definition) is 1. The molecule has 0 spiro atoms. The highest BCUT2D eigenvalue weighted by molar-refractivity contribution is 7.26. The fraction of sp³-hybridized carbons (Fsp3) is 0.222. The fourth-order valence-corrected chi connectivity index (χ4v) is 4.32. The Morgan fingerprint density at radius 2 is 1.96 bits per heavy atom. The molecular formula is C18H18N4S. The van der Waals surface area contributed by atoms with E-state index < -0.39 is 0 Å². The molecule has 4 nitrogen and oxygen atoms in total. The largest absolute Gasteiger partial charge is 0.363 e. The number of hydrogen-bond acceptors (Lipinski definition) is 4. The van der Waals surface area contributed by atoms with Gasteiger partial charge in [0, 0.05) is 24.7 Å². The van der Waals surface area contributed by atoms with Crippen LogP contribution in [-0.2, 0) is 13.6 Å². The zero-order valence-corrected chi connectivity index (χ0v) is 14.2. The van der Waals surface area contributed by atoms with Gasteiger partial charge < -0.3 is 5.32 Å². The summed E-state index contributed by atoms with van der Waals surface area (Å²) in [5.41, 5.74) is 4.74. The third kappa shape index (κ3) is 2.37. The lowest BCUT2D eigenvalue weighted by Gasteiger charge is -2.03. The van der Waals surface area contributed by atoms with E-state index in [-0.39, 0.29) is 0 Å². The Hall–Kier alpha value is -2.40. The van der Waals surface area contributed by atoms with E-state index in [4.69, 9.17) is 4.98 Å². The molecule has 3 aromatic heterocycles. The molecule has 0 aliphatic heterocycles. The van der Waals surface area contributed by atoms with Gasteiger partial charge in [0.1, 0.15) is 4.83 Å². The number of aryl methyl sites for hydroxylation is 3. The van der Waals surface area contributed by atoms with E-state index in [0.717, 1.165) is 22.9 Å². The zero-order valence-electron chi connectivity index (χ0n) is 13.4. The van der Waals surface area contributed by atoms with Gasteiger partial charge in [-0.2, -0.15) is 5.10 Å². The van der Waals surface area contributed by atoms with Crippen molar-refractivity contribution in [3.05, 3.63) is 53.2 Å². The van der Waals surface area contributed by atoms with Gasteiger partial charge in [-0.3, -0.25) is 4.68 Å². The quantitative estimate of drug-likeness (QED) is 0.607. The number of pyridine rings is 1. The Labute approximate surface area is 138 Å². The van der Waals surface area contributed by atoms with Gasteiger partial charge in [0.2, 0.25) is 0 Å². The summed E-state index contributed by atoms with van der Waals surface area (Å²) in [6.07, 6.45) is 0. The molecule has 0 radical (unpaired) electrons. The van der Waals surface area contributed by atoms with Crippen molar-refractivity contribution in [1.29, 1.82) is 0 Å². The number of thiophene rings is 1. The van der Waals surface area contributed by atoms with Crippen LogP contribution >= 0.6 is 11.3 Å². The van der Waals surface area contributed by atoms with Gasteiger partial charge in [-0.15, -0.1) is 11.3 Å². The van der Waals surface area contributed by atoms with Crippen LogP contribution in [0.2, 0.25) is 0 Å². The number of rotatable bonds is 3. The van der Waals surface area contributed by atoms with Gasteiger partial charge in [0.15, 0.2) is 5.82 Å². The molecule has 23 heavy (non-hydrogen) atoms. The van der Waals surface area contributed by atoms with Crippen molar-refractivity contribution in [1.82, 2.24) is 14.8 Å². The summed E-state index contributed by atoms with van der Waals surface area (Å²) in [5, 5.41) is 9.36. The van der Waals surface area contributed by atoms with Gasteiger partial charge in [-0.05, 0) is 31.0 Å². The molecule has 5 heteroatoms. The maximum atomic E-state index is 4.70. The molecular weight excluding hydrogens is 304 g/mol. The van der Waals surface area contributed by atoms with Crippen molar-refractivity contribution in [2.24, 2.45) is 7.05 Å². The first-order valence-electron chi connectivity index (χ1n) is 7.65. The normalized spacial score (nSPS) is 11.4. The minimum atomic E-state index is 0.770. The Morgan fingerprint density at radius 3 is 2.74 bits per heavy atom. The monoisotopic (exact) mass is 322 g/mol.